The summed E-state index contributed by atoms with van der Waals surface area (Å²) in [6, 6.07) is 0. The SMILES string of the molecule is CCCCC(C)(C(/C=C/[C@H]1[C@H]2[C@@H](C[C@@H]1C)OC(O)[C@@H]2F)OC1CCCCO1)C(F)(F)F. The quantitative estimate of drug-likeness (QED) is 0.388. The lowest BCUT2D eigenvalue weighted by Gasteiger charge is -2.40. The van der Waals surface area contributed by atoms with Crippen LogP contribution in [0.25, 0.3) is 0 Å². The standard InChI is InChI=1S/C23H36F4O4/c1-4-5-11-22(3,23(25,26)27)17(31-18-8-6-7-12-29-18)10-9-15-14(2)13-16-19(15)20(24)21(28)30-16/h9-10,14-21,28H,4-8,11-13H2,1-3H3/b10-9+/t14-,15+,16+,17?,18?,19-,20+,21?,22?/m0/s1. The van der Waals surface area contributed by atoms with Gasteiger partial charge in [-0.25, -0.2) is 4.39 Å². The highest BCUT2D eigenvalue weighted by atomic mass is 19.4. The Balaban J connectivity index is 1.86. The molecule has 4 unspecified atom stereocenters. The molecule has 180 valence electrons. The monoisotopic (exact) mass is 452 g/mol. The molecule has 9 atom stereocenters. The molecule has 0 aromatic rings. The molecular weight excluding hydrogens is 416 g/mol. The summed E-state index contributed by atoms with van der Waals surface area (Å²) in [4.78, 5) is 0. The number of aliphatic hydroxyl groups is 1. The van der Waals surface area contributed by atoms with E-state index in [2.05, 4.69) is 0 Å². The van der Waals surface area contributed by atoms with E-state index in [1.807, 2.05) is 13.8 Å². The minimum atomic E-state index is -4.47. The molecule has 0 radical (unpaired) electrons. The second-order valence-electron chi connectivity index (χ2n) is 9.63. The fraction of sp³-hybridized carbons (Fsp3) is 0.913. The number of hydrogen-bond acceptors (Lipinski definition) is 4. The summed E-state index contributed by atoms with van der Waals surface area (Å²) in [5, 5.41) is 9.72. The van der Waals surface area contributed by atoms with E-state index in [4.69, 9.17) is 14.2 Å². The van der Waals surface area contributed by atoms with E-state index >= 15 is 0 Å². The maximum atomic E-state index is 14.5. The van der Waals surface area contributed by atoms with E-state index < -0.39 is 48.5 Å². The van der Waals surface area contributed by atoms with Crippen molar-refractivity contribution >= 4 is 0 Å². The Morgan fingerprint density at radius 1 is 1.26 bits per heavy atom. The van der Waals surface area contributed by atoms with Crippen molar-refractivity contribution in [1.82, 2.24) is 0 Å². The Hall–Kier alpha value is -0.700. The number of fused-ring (bicyclic) bond motifs is 1. The van der Waals surface area contributed by atoms with Crippen LogP contribution in [-0.2, 0) is 14.2 Å². The predicted octanol–water partition coefficient (Wildman–Crippen LogP) is 5.54. The molecule has 2 saturated heterocycles. The zero-order valence-corrected chi connectivity index (χ0v) is 18.6. The third kappa shape index (κ3) is 5.28. The van der Waals surface area contributed by atoms with Gasteiger partial charge < -0.3 is 19.3 Å². The van der Waals surface area contributed by atoms with Gasteiger partial charge in [0.1, 0.15) is 0 Å². The van der Waals surface area contributed by atoms with Crippen LogP contribution in [0.5, 0.6) is 0 Å². The van der Waals surface area contributed by atoms with Crippen molar-refractivity contribution in [3.63, 3.8) is 0 Å². The van der Waals surface area contributed by atoms with Crippen molar-refractivity contribution in [3.8, 4) is 0 Å². The van der Waals surface area contributed by atoms with Crippen LogP contribution < -0.4 is 0 Å². The molecule has 0 aromatic carbocycles. The molecule has 4 nitrogen and oxygen atoms in total. The number of rotatable bonds is 8. The Bertz CT molecular complexity index is 607. The summed E-state index contributed by atoms with van der Waals surface area (Å²) in [5.41, 5.74) is -2.08. The second-order valence-corrected chi connectivity index (χ2v) is 9.63. The molecule has 3 aliphatic rings. The molecule has 3 rings (SSSR count). The van der Waals surface area contributed by atoms with Crippen LogP contribution in [0.4, 0.5) is 17.6 Å². The highest BCUT2D eigenvalue weighted by molar-refractivity contribution is 5.10. The van der Waals surface area contributed by atoms with Gasteiger partial charge in [0.2, 0.25) is 0 Å². The molecular formula is C23H36F4O4. The Kier molecular flexibility index (Phi) is 8.09. The van der Waals surface area contributed by atoms with Gasteiger partial charge in [-0.15, -0.1) is 0 Å². The average Bonchev–Trinajstić information content (AvgIpc) is 3.17. The predicted molar refractivity (Wildman–Crippen MR) is 108 cm³/mol. The minimum Gasteiger partial charge on any atom is -0.366 e. The number of aliphatic hydroxyl groups excluding tert-OH is 1. The molecule has 8 heteroatoms. The van der Waals surface area contributed by atoms with Crippen LogP contribution in [0.2, 0.25) is 0 Å². The van der Waals surface area contributed by atoms with E-state index in [9.17, 15) is 22.7 Å². The van der Waals surface area contributed by atoms with Gasteiger partial charge in [-0.05, 0) is 50.9 Å². The molecule has 0 spiro atoms. The van der Waals surface area contributed by atoms with E-state index in [0.717, 1.165) is 12.8 Å². The van der Waals surface area contributed by atoms with E-state index in [1.54, 1.807) is 6.08 Å². The first-order valence-corrected chi connectivity index (χ1v) is 11.6. The summed E-state index contributed by atoms with van der Waals surface area (Å²) in [6.07, 6.45) is -2.80. The van der Waals surface area contributed by atoms with Gasteiger partial charge in [0.25, 0.3) is 0 Å². The maximum absolute atomic E-state index is 14.5. The number of unbranched alkanes of at least 4 members (excludes halogenated alkanes) is 1. The molecule has 1 aliphatic carbocycles. The Labute approximate surface area is 182 Å². The molecule has 31 heavy (non-hydrogen) atoms. The van der Waals surface area contributed by atoms with Gasteiger partial charge in [0, 0.05) is 12.5 Å². The van der Waals surface area contributed by atoms with Crippen molar-refractivity contribution in [3.05, 3.63) is 12.2 Å². The lowest BCUT2D eigenvalue weighted by molar-refractivity contribution is -0.279. The first-order chi connectivity index (χ1) is 14.6. The highest BCUT2D eigenvalue weighted by Crippen LogP contribution is 2.50. The van der Waals surface area contributed by atoms with Crippen LogP contribution in [0.15, 0.2) is 12.2 Å². The van der Waals surface area contributed by atoms with Crippen LogP contribution in [0.1, 0.15) is 65.7 Å². The Morgan fingerprint density at radius 2 is 2.00 bits per heavy atom. The topological polar surface area (TPSA) is 47.9 Å². The van der Waals surface area contributed by atoms with Crippen LogP contribution in [0.3, 0.4) is 0 Å². The summed E-state index contributed by atoms with van der Waals surface area (Å²) in [6.45, 7) is 5.48. The molecule has 1 saturated carbocycles. The van der Waals surface area contributed by atoms with E-state index in [0.29, 0.717) is 32.3 Å². The minimum absolute atomic E-state index is 0.0383. The van der Waals surface area contributed by atoms with Gasteiger partial charge in [-0.1, -0.05) is 38.8 Å². The van der Waals surface area contributed by atoms with Gasteiger partial charge in [-0.2, -0.15) is 13.2 Å². The van der Waals surface area contributed by atoms with E-state index in [-0.39, 0.29) is 18.3 Å². The second kappa shape index (κ2) is 10.1. The zero-order valence-electron chi connectivity index (χ0n) is 18.6. The maximum Gasteiger partial charge on any atom is 0.397 e. The van der Waals surface area contributed by atoms with Gasteiger partial charge in [0.15, 0.2) is 18.8 Å². The number of hydrogen-bond donors (Lipinski definition) is 1. The third-order valence-corrected chi connectivity index (χ3v) is 7.36. The summed E-state index contributed by atoms with van der Waals surface area (Å²) < 4.78 is 74.2. The van der Waals surface area contributed by atoms with Crippen LogP contribution in [0, 0.1) is 23.2 Å². The first-order valence-electron chi connectivity index (χ1n) is 11.6. The Morgan fingerprint density at radius 3 is 2.61 bits per heavy atom. The smallest absolute Gasteiger partial charge is 0.366 e. The van der Waals surface area contributed by atoms with Crippen molar-refractivity contribution in [2.24, 2.45) is 23.2 Å². The van der Waals surface area contributed by atoms with Gasteiger partial charge in [0.05, 0.1) is 17.6 Å². The largest absolute Gasteiger partial charge is 0.397 e. The molecule has 2 aliphatic heterocycles. The highest BCUT2D eigenvalue weighted by Gasteiger charge is 2.57. The fourth-order valence-corrected chi connectivity index (χ4v) is 5.24. The number of alkyl halides is 4. The average molecular weight is 453 g/mol. The van der Waals surface area contributed by atoms with Crippen molar-refractivity contribution < 1.29 is 36.9 Å². The van der Waals surface area contributed by atoms with E-state index in [1.165, 1.54) is 13.0 Å². The first kappa shape index (κ1) is 24.9. The summed E-state index contributed by atoms with van der Waals surface area (Å²) in [5.74, 6) is -0.837. The zero-order chi connectivity index (χ0) is 22.8. The normalized spacial score (nSPS) is 39.5. The lowest BCUT2D eigenvalue weighted by atomic mass is 9.77. The summed E-state index contributed by atoms with van der Waals surface area (Å²) >= 11 is 0. The van der Waals surface area contributed by atoms with Crippen molar-refractivity contribution in [1.29, 1.82) is 0 Å². The van der Waals surface area contributed by atoms with Crippen molar-refractivity contribution in [2.45, 2.75) is 103 Å². The molecule has 0 aromatic heterocycles. The molecule has 3 fully saturated rings. The fourth-order valence-electron chi connectivity index (χ4n) is 5.24. The lowest BCUT2D eigenvalue weighted by Crippen LogP contribution is -2.47. The molecule has 0 amide bonds. The van der Waals surface area contributed by atoms with Crippen molar-refractivity contribution in [2.75, 3.05) is 6.61 Å². The number of halogens is 4. The van der Waals surface area contributed by atoms with Crippen LogP contribution >= 0.6 is 0 Å². The van der Waals surface area contributed by atoms with Crippen LogP contribution in [-0.4, -0.2) is 48.8 Å². The molecule has 0 bridgehead atoms. The molecule has 1 N–H and O–H groups in total. The summed E-state index contributed by atoms with van der Waals surface area (Å²) in [7, 11) is 0. The molecule has 2 heterocycles. The third-order valence-electron chi connectivity index (χ3n) is 7.36. The number of ether oxygens (including phenoxy) is 3. The van der Waals surface area contributed by atoms with Gasteiger partial charge in [-0.3, -0.25) is 0 Å². The number of allylic oxidation sites excluding steroid dienone is 1. The van der Waals surface area contributed by atoms with Gasteiger partial charge >= 0.3 is 6.18 Å².